The molecule has 110 valence electrons. The van der Waals surface area contributed by atoms with Crippen LogP contribution in [0.4, 0.5) is 5.95 Å². The molecule has 0 atom stereocenters. The minimum Gasteiger partial charge on any atom is -0.481 e. The zero-order valence-corrected chi connectivity index (χ0v) is 13.3. The summed E-state index contributed by atoms with van der Waals surface area (Å²) in [5.74, 6) is 0.894. The van der Waals surface area contributed by atoms with Gasteiger partial charge in [-0.05, 0) is 36.8 Å². The summed E-state index contributed by atoms with van der Waals surface area (Å²) in [6.07, 6.45) is 0. The van der Waals surface area contributed by atoms with Crippen LogP contribution in [0.25, 0.3) is 0 Å². The normalized spacial score (nSPS) is 10.0. The van der Waals surface area contributed by atoms with Crippen LogP contribution in [0, 0.1) is 6.92 Å². The molecule has 21 heavy (non-hydrogen) atoms. The van der Waals surface area contributed by atoms with E-state index in [4.69, 9.17) is 28.6 Å². The van der Waals surface area contributed by atoms with Crippen molar-refractivity contribution in [1.82, 2.24) is 15.3 Å². The molecule has 0 spiro atoms. The molecule has 0 saturated carbocycles. The number of aryl methyl sites for hydroxylation is 1. The number of hydrogen-bond donors (Lipinski definition) is 2. The number of nitrogens with one attached hydrogen (secondary N) is 2. The third-order valence-corrected chi connectivity index (χ3v) is 3.13. The molecule has 7 heteroatoms. The molecule has 0 unspecified atom stereocenters. The number of ether oxygens (including phenoxy) is 1. The number of hydrogen-bond acceptors (Lipinski definition) is 4. The van der Waals surface area contributed by atoms with E-state index in [0.29, 0.717) is 28.5 Å². The van der Waals surface area contributed by atoms with Crippen LogP contribution in [-0.4, -0.2) is 22.2 Å². The van der Waals surface area contributed by atoms with Crippen LogP contribution in [-0.2, 0) is 6.54 Å². The van der Waals surface area contributed by atoms with Gasteiger partial charge in [-0.3, -0.25) is 0 Å². The molecule has 0 aliphatic carbocycles. The molecule has 1 aromatic heterocycles. The summed E-state index contributed by atoms with van der Waals surface area (Å²) >= 11 is 11.1. The van der Waals surface area contributed by atoms with Crippen LogP contribution in [0.1, 0.15) is 11.3 Å². The second-order valence-electron chi connectivity index (χ2n) is 4.31. The predicted octanol–water partition coefficient (Wildman–Crippen LogP) is 2.93. The molecular formula is C14H15ClN4OS. The second-order valence-corrected chi connectivity index (χ2v) is 5.15. The van der Waals surface area contributed by atoms with Crippen LogP contribution < -0.4 is 15.4 Å². The van der Waals surface area contributed by atoms with Gasteiger partial charge in [0.2, 0.25) is 11.8 Å². The Labute approximate surface area is 133 Å². The highest BCUT2D eigenvalue weighted by molar-refractivity contribution is 7.80. The molecule has 0 saturated heterocycles. The van der Waals surface area contributed by atoms with Crippen molar-refractivity contribution in [3.05, 3.63) is 46.6 Å². The summed E-state index contributed by atoms with van der Waals surface area (Å²) in [5.41, 5.74) is 1.87. The molecule has 0 aliphatic rings. The second kappa shape index (κ2) is 7.19. The number of anilines is 1. The van der Waals surface area contributed by atoms with E-state index in [0.717, 1.165) is 11.3 Å². The predicted molar refractivity (Wildman–Crippen MR) is 87.8 cm³/mol. The topological polar surface area (TPSA) is 59.1 Å². The van der Waals surface area contributed by atoms with E-state index in [1.54, 1.807) is 13.2 Å². The van der Waals surface area contributed by atoms with Crippen LogP contribution in [0.2, 0.25) is 5.02 Å². The molecule has 1 aromatic carbocycles. The SMILES string of the molecule is COc1cc(C)nc(NC(=S)NCc2ccc(Cl)cc2)n1. The maximum atomic E-state index is 5.84. The van der Waals surface area contributed by atoms with Gasteiger partial charge in [-0.2, -0.15) is 4.98 Å². The Hall–Kier alpha value is -1.92. The number of nitrogens with zero attached hydrogens (tertiary/aromatic N) is 2. The van der Waals surface area contributed by atoms with E-state index in [2.05, 4.69) is 20.6 Å². The van der Waals surface area contributed by atoms with Gasteiger partial charge in [0.05, 0.1) is 7.11 Å². The number of rotatable bonds is 4. The number of halogens is 1. The van der Waals surface area contributed by atoms with Crippen molar-refractivity contribution < 1.29 is 4.74 Å². The molecule has 2 aromatic rings. The van der Waals surface area contributed by atoms with Gasteiger partial charge in [0.15, 0.2) is 5.11 Å². The van der Waals surface area contributed by atoms with Crippen molar-refractivity contribution >= 4 is 34.9 Å². The molecule has 0 aliphatic heterocycles. The zero-order chi connectivity index (χ0) is 15.2. The van der Waals surface area contributed by atoms with Crippen LogP contribution in [0.3, 0.4) is 0 Å². The molecule has 5 nitrogen and oxygen atoms in total. The van der Waals surface area contributed by atoms with E-state index in [-0.39, 0.29) is 0 Å². The Balaban J connectivity index is 1.92. The molecule has 0 bridgehead atoms. The lowest BCUT2D eigenvalue weighted by atomic mass is 10.2. The van der Waals surface area contributed by atoms with Gasteiger partial charge >= 0.3 is 0 Å². The Morgan fingerprint density at radius 2 is 2.00 bits per heavy atom. The lowest BCUT2D eigenvalue weighted by Crippen LogP contribution is -2.28. The van der Waals surface area contributed by atoms with Crippen molar-refractivity contribution in [3.63, 3.8) is 0 Å². The number of thiocarbonyl (C=S) groups is 1. The van der Waals surface area contributed by atoms with Crippen molar-refractivity contribution in [3.8, 4) is 5.88 Å². The fourth-order valence-corrected chi connectivity index (χ4v) is 1.92. The van der Waals surface area contributed by atoms with Gasteiger partial charge in [-0.1, -0.05) is 23.7 Å². The fourth-order valence-electron chi connectivity index (χ4n) is 1.63. The number of aromatic nitrogens is 2. The first-order valence-corrected chi connectivity index (χ1v) is 7.04. The highest BCUT2D eigenvalue weighted by Crippen LogP contribution is 2.11. The van der Waals surface area contributed by atoms with E-state index < -0.39 is 0 Å². The van der Waals surface area contributed by atoms with Crippen LogP contribution in [0.5, 0.6) is 5.88 Å². The minimum absolute atomic E-state index is 0.403. The fraction of sp³-hybridized carbons (Fsp3) is 0.214. The van der Waals surface area contributed by atoms with E-state index in [1.807, 2.05) is 31.2 Å². The Kier molecular flexibility index (Phi) is 5.30. The Morgan fingerprint density at radius 3 is 2.67 bits per heavy atom. The molecule has 0 fully saturated rings. The summed E-state index contributed by atoms with van der Waals surface area (Å²) in [4.78, 5) is 8.41. The van der Waals surface area contributed by atoms with Crippen LogP contribution in [0.15, 0.2) is 30.3 Å². The first-order chi connectivity index (χ1) is 10.1. The zero-order valence-electron chi connectivity index (χ0n) is 11.7. The Bertz CT molecular complexity index is 633. The smallest absolute Gasteiger partial charge is 0.232 e. The van der Waals surface area contributed by atoms with Gasteiger partial charge in [0, 0.05) is 23.3 Å². The highest BCUT2D eigenvalue weighted by atomic mass is 35.5. The molecule has 2 N–H and O–H groups in total. The van der Waals surface area contributed by atoms with Crippen molar-refractivity contribution in [1.29, 1.82) is 0 Å². The van der Waals surface area contributed by atoms with E-state index in [1.165, 1.54) is 0 Å². The van der Waals surface area contributed by atoms with Gasteiger partial charge < -0.3 is 15.4 Å². The maximum Gasteiger partial charge on any atom is 0.232 e. The summed E-state index contributed by atoms with van der Waals surface area (Å²) in [6, 6.07) is 9.29. The van der Waals surface area contributed by atoms with E-state index >= 15 is 0 Å². The summed E-state index contributed by atoms with van der Waals surface area (Å²) in [7, 11) is 1.56. The lowest BCUT2D eigenvalue weighted by Gasteiger charge is -2.10. The number of methoxy groups -OCH3 is 1. The first-order valence-electron chi connectivity index (χ1n) is 6.26. The highest BCUT2D eigenvalue weighted by Gasteiger charge is 2.04. The van der Waals surface area contributed by atoms with Gasteiger partial charge in [-0.25, -0.2) is 4.98 Å². The average molecular weight is 323 g/mol. The third-order valence-electron chi connectivity index (χ3n) is 2.63. The van der Waals surface area contributed by atoms with E-state index in [9.17, 15) is 0 Å². The third kappa shape index (κ3) is 4.84. The van der Waals surface area contributed by atoms with Gasteiger partial charge in [-0.15, -0.1) is 0 Å². The molecule has 1 heterocycles. The molecule has 0 radical (unpaired) electrons. The Morgan fingerprint density at radius 1 is 1.29 bits per heavy atom. The van der Waals surface area contributed by atoms with Crippen molar-refractivity contribution in [2.45, 2.75) is 13.5 Å². The maximum absolute atomic E-state index is 5.84. The van der Waals surface area contributed by atoms with Gasteiger partial charge in [0.1, 0.15) is 0 Å². The molecule has 0 amide bonds. The largest absolute Gasteiger partial charge is 0.481 e. The summed E-state index contributed by atoms with van der Waals surface area (Å²) < 4.78 is 5.09. The van der Waals surface area contributed by atoms with Crippen LogP contribution >= 0.6 is 23.8 Å². The summed E-state index contributed by atoms with van der Waals surface area (Å²) in [6.45, 7) is 2.45. The molecule has 2 rings (SSSR count). The van der Waals surface area contributed by atoms with Crippen molar-refractivity contribution in [2.24, 2.45) is 0 Å². The monoisotopic (exact) mass is 322 g/mol. The van der Waals surface area contributed by atoms with Crippen molar-refractivity contribution in [2.75, 3.05) is 12.4 Å². The minimum atomic E-state index is 0.403. The first kappa shape index (κ1) is 15.5. The quantitative estimate of drug-likeness (QED) is 0.844. The summed E-state index contributed by atoms with van der Waals surface area (Å²) in [5, 5.41) is 7.16. The number of benzene rings is 1. The lowest BCUT2D eigenvalue weighted by molar-refractivity contribution is 0.397. The molecular weight excluding hydrogens is 308 g/mol. The standard InChI is InChI=1S/C14H15ClN4OS/c1-9-7-12(20-2)18-13(17-9)19-14(21)16-8-10-3-5-11(15)6-4-10/h3-7H,8H2,1-2H3,(H2,16,17,18,19,21). The van der Waals surface area contributed by atoms with Gasteiger partial charge in [0.25, 0.3) is 0 Å². The average Bonchev–Trinajstić information content (AvgIpc) is 2.46.